The molecule has 80 valence electrons. The molecule has 0 N–H and O–H groups in total. The van der Waals surface area contributed by atoms with Gasteiger partial charge in [0.1, 0.15) is 0 Å². The van der Waals surface area contributed by atoms with Gasteiger partial charge in [0, 0.05) is 23.4 Å². The average molecular weight is 210 g/mol. The van der Waals surface area contributed by atoms with Gasteiger partial charge in [0.15, 0.2) is 0 Å². The van der Waals surface area contributed by atoms with Crippen LogP contribution < -0.4 is 0 Å². The van der Waals surface area contributed by atoms with Gasteiger partial charge in [0.25, 0.3) is 0 Å². The summed E-state index contributed by atoms with van der Waals surface area (Å²) < 4.78 is 0. The molecule has 2 heteroatoms. The maximum absolute atomic E-state index is 4.41. The Balaban J connectivity index is 2.89. The van der Waals surface area contributed by atoms with E-state index in [4.69, 9.17) is 0 Å². The van der Waals surface area contributed by atoms with Crippen LogP contribution in [0.25, 0.3) is 17.0 Å². The third-order valence-electron chi connectivity index (χ3n) is 2.61. The van der Waals surface area contributed by atoms with Gasteiger partial charge in [0.2, 0.25) is 0 Å². The number of aryl methyl sites for hydroxylation is 1. The molecule has 0 atom stereocenters. The Morgan fingerprint density at radius 3 is 2.81 bits per heavy atom. The van der Waals surface area contributed by atoms with E-state index in [1.165, 1.54) is 5.56 Å². The molecule has 1 aromatic carbocycles. The Labute approximate surface area is 95.4 Å². The maximum Gasteiger partial charge on any atom is 0.0967 e. The van der Waals surface area contributed by atoms with E-state index in [0.717, 1.165) is 22.2 Å². The standard InChI is InChI=1S/C14H14N2/c1-4-11-6-7-12-10(3)8-9-16-14(12)13(11)15-5-2/h4-9H,1H2,2-3H3. The molecule has 1 heterocycles. The molecule has 2 nitrogen and oxygen atoms in total. The minimum Gasteiger partial charge on any atom is -0.259 e. The Morgan fingerprint density at radius 2 is 2.12 bits per heavy atom. The number of fused-ring (bicyclic) bond motifs is 1. The van der Waals surface area contributed by atoms with E-state index in [9.17, 15) is 0 Å². The zero-order valence-electron chi connectivity index (χ0n) is 9.57. The first-order valence-corrected chi connectivity index (χ1v) is 5.27. The molecule has 2 aromatic rings. The fraction of sp³-hybridized carbons (Fsp3) is 0.143. The predicted octanol–water partition coefficient (Wildman–Crippen LogP) is 3.91. The van der Waals surface area contributed by atoms with Gasteiger partial charge in [-0.15, -0.1) is 0 Å². The van der Waals surface area contributed by atoms with Crippen LogP contribution >= 0.6 is 0 Å². The highest BCUT2D eigenvalue weighted by Crippen LogP contribution is 2.30. The Morgan fingerprint density at radius 1 is 1.31 bits per heavy atom. The molecule has 0 saturated heterocycles. The van der Waals surface area contributed by atoms with E-state index in [1.54, 1.807) is 6.21 Å². The summed E-state index contributed by atoms with van der Waals surface area (Å²) in [7, 11) is 0. The molecule has 1 aromatic heterocycles. The Kier molecular flexibility index (Phi) is 2.82. The van der Waals surface area contributed by atoms with Crippen LogP contribution in [0, 0.1) is 6.92 Å². The SMILES string of the molecule is C=Cc1ccc2c(C)ccnc2c1N=CC. The third-order valence-corrected chi connectivity index (χ3v) is 2.61. The molecule has 0 spiro atoms. The number of aromatic nitrogens is 1. The smallest absolute Gasteiger partial charge is 0.0967 e. The van der Waals surface area contributed by atoms with Crippen molar-refractivity contribution in [2.75, 3.05) is 0 Å². The van der Waals surface area contributed by atoms with Crippen molar-refractivity contribution in [1.29, 1.82) is 0 Å². The van der Waals surface area contributed by atoms with Crippen LogP contribution in [0.2, 0.25) is 0 Å². The summed E-state index contributed by atoms with van der Waals surface area (Å²) in [4.78, 5) is 8.80. The summed E-state index contributed by atoms with van der Waals surface area (Å²) in [6.45, 7) is 7.79. The van der Waals surface area contributed by atoms with Crippen molar-refractivity contribution in [1.82, 2.24) is 4.98 Å². The lowest BCUT2D eigenvalue weighted by atomic mass is 10.1. The van der Waals surface area contributed by atoms with Crippen LogP contribution in [-0.2, 0) is 0 Å². The van der Waals surface area contributed by atoms with Gasteiger partial charge in [-0.25, -0.2) is 0 Å². The molecule has 0 bridgehead atoms. The molecular weight excluding hydrogens is 196 g/mol. The number of benzene rings is 1. The zero-order chi connectivity index (χ0) is 11.5. The van der Waals surface area contributed by atoms with Gasteiger partial charge >= 0.3 is 0 Å². The minimum absolute atomic E-state index is 0.902. The van der Waals surface area contributed by atoms with E-state index in [1.807, 2.05) is 31.3 Å². The third kappa shape index (κ3) is 1.63. The lowest BCUT2D eigenvalue weighted by Gasteiger charge is -2.06. The predicted molar refractivity (Wildman–Crippen MR) is 70.4 cm³/mol. The van der Waals surface area contributed by atoms with Crippen molar-refractivity contribution in [3.8, 4) is 0 Å². The average Bonchev–Trinajstić information content (AvgIpc) is 2.30. The molecule has 16 heavy (non-hydrogen) atoms. The molecule has 2 rings (SSSR count). The van der Waals surface area contributed by atoms with Crippen molar-refractivity contribution in [2.45, 2.75) is 13.8 Å². The van der Waals surface area contributed by atoms with Crippen molar-refractivity contribution in [2.24, 2.45) is 4.99 Å². The van der Waals surface area contributed by atoms with Crippen LogP contribution in [-0.4, -0.2) is 11.2 Å². The minimum atomic E-state index is 0.902. The number of hydrogen-bond acceptors (Lipinski definition) is 2. The van der Waals surface area contributed by atoms with Gasteiger partial charge < -0.3 is 0 Å². The van der Waals surface area contributed by atoms with Crippen LogP contribution in [0.4, 0.5) is 5.69 Å². The Bertz CT molecular complexity index is 568. The first kappa shape index (κ1) is 10.6. The fourth-order valence-electron chi connectivity index (χ4n) is 1.79. The van der Waals surface area contributed by atoms with Crippen LogP contribution in [0.1, 0.15) is 18.1 Å². The number of nitrogens with zero attached hydrogens (tertiary/aromatic N) is 2. The van der Waals surface area contributed by atoms with Gasteiger partial charge in [-0.1, -0.05) is 24.8 Å². The topological polar surface area (TPSA) is 25.2 Å². The Hall–Kier alpha value is -1.96. The van der Waals surface area contributed by atoms with Gasteiger partial charge in [-0.2, -0.15) is 0 Å². The molecule has 0 radical (unpaired) electrons. The fourth-order valence-corrected chi connectivity index (χ4v) is 1.79. The van der Waals surface area contributed by atoms with E-state index in [0.29, 0.717) is 0 Å². The van der Waals surface area contributed by atoms with Crippen molar-refractivity contribution >= 4 is 28.9 Å². The number of pyridine rings is 1. The van der Waals surface area contributed by atoms with Crippen LogP contribution in [0.15, 0.2) is 36.0 Å². The summed E-state index contributed by atoms with van der Waals surface area (Å²) >= 11 is 0. The first-order valence-electron chi connectivity index (χ1n) is 5.27. The normalized spacial score (nSPS) is 11.1. The molecule has 0 aliphatic rings. The van der Waals surface area contributed by atoms with Gasteiger partial charge in [0.05, 0.1) is 11.2 Å². The molecule has 0 aliphatic carbocycles. The van der Waals surface area contributed by atoms with E-state index in [-0.39, 0.29) is 0 Å². The molecule has 0 unspecified atom stereocenters. The van der Waals surface area contributed by atoms with Gasteiger partial charge in [-0.05, 0) is 25.5 Å². The molecular formula is C14H14N2. The zero-order valence-corrected chi connectivity index (χ0v) is 9.57. The summed E-state index contributed by atoms with van der Waals surface area (Å²) in [5.74, 6) is 0. The highest BCUT2D eigenvalue weighted by atomic mass is 14.8. The molecule has 0 aliphatic heterocycles. The highest BCUT2D eigenvalue weighted by Gasteiger charge is 2.06. The van der Waals surface area contributed by atoms with Crippen LogP contribution in [0.3, 0.4) is 0 Å². The van der Waals surface area contributed by atoms with E-state index >= 15 is 0 Å². The maximum atomic E-state index is 4.41. The quantitative estimate of drug-likeness (QED) is 0.690. The first-order chi connectivity index (χ1) is 7.77. The molecule has 0 saturated carbocycles. The summed E-state index contributed by atoms with van der Waals surface area (Å²) in [5.41, 5.74) is 4.08. The molecule has 0 amide bonds. The second-order valence-corrected chi connectivity index (χ2v) is 3.62. The summed E-state index contributed by atoms with van der Waals surface area (Å²) in [6.07, 6.45) is 5.41. The van der Waals surface area contributed by atoms with E-state index < -0.39 is 0 Å². The number of rotatable bonds is 2. The monoisotopic (exact) mass is 210 g/mol. The molecule has 0 fully saturated rings. The van der Waals surface area contributed by atoms with Crippen molar-refractivity contribution in [3.63, 3.8) is 0 Å². The van der Waals surface area contributed by atoms with Crippen molar-refractivity contribution < 1.29 is 0 Å². The second kappa shape index (κ2) is 4.27. The van der Waals surface area contributed by atoms with Gasteiger partial charge in [-0.3, -0.25) is 9.98 Å². The highest BCUT2D eigenvalue weighted by molar-refractivity contribution is 5.96. The lowest BCUT2D eigenvalue weighted by Crippen LogP contribution is -1.85. The number of hydrogen-bond donors (Lipinski definition) is 0. The summed E-state index contributed by atoms with van der Waals surface area (Å²) in [6, 6.07) is 6.12. The lowest BCUT2D eigenvalue weighted by molar-refractivity contribution is 1.35. The largest absolute Gasteiger partial charge is 0.259 e. The number of aliphatic imine (C=N–C) groups is 1. The second-order valence-electron chi connectivity index (χ2n) is 3.62. The van der Waals surface area contributed by atoms with Crippen molar-refractivity contribution in [3.05, 3.63) is 42.1 Å². The van der Waals surface area contributed by atoms with E-state index in [2.05, 4.69) is 29.5 Å². The van der Waals surface area contributed by atoms with Crippen LogP contribution in [0.5, 0.6) is 0 Å². The summed E-state index contributed by atoms with van der Waals surface area (Å²) in [5, 5.41) is 1.15.